The molecule has 1 aliphatic rings. The van der Waals surface area contributed by atoms with Gasteiger partial charge in [-0.25, -0.2) is 0 Å². The second kappa shape index (κ2) is 7.19. The summed E-state index contributed by atoms with van der Waals surface area (Å²) >= 11 is 0. The first kappa shape index (κ1) is 14.7. The third kappa shape index (κ3) is 3.66. The van der Waals surface area contributed by atoms with Crippen molar-refractivity contribution in [2.75, 3.05) is 12.4 Å². The van der Waals surface area contributed by atoms with Crippen LogP contribution in [0.1, 0.15) is 51.0 Å². The molecule has 1 N–H and O–H groups in total. The van der Waals surface area contributed by atoms with E-state index in [0.29, 0.717) is 11.6 Å². The van der Waals surface area contributed by atoms with Gasteiger partial charge < -0.3 is 10.1 Å². The van der Waals surface area contributed by atoms with Crippen LogP contribution in [-0.4, -0.2) is 13.2 Å². The van der Waals surface area contributed by atoms with E-state index in [2.05, 4.69) is 18.3 Å². The van der Waals surface area contributed by atoms with Crippen LogP contribution < -0.4 is 10.1 Å². The maximum Gasteiger partial charge on any atom is 0.143 e. The zero-order valence-electron chi connectivity index (χ0n) is 12.5. The van der Waals surface area contributed by atoms with E-state index in [1.807, 2.05) is 12.1 Å². The van der Waals surface area contributed by atoms with Gasteiger partial charge in [0.15, 0.2) is 0 Å². The van der Waals surface area contributed by atoms with Gasteiger partial charge in [-0.2, -0.15) is 5.26 Å². The van der Waals surface area contributed by atoms with Gasteiger partial charge in [0.05, 0.1) is 24.4 Å². The van der Waals surface area contributed by atoms with E-state index in [1.165, 1.54) is 38.5 Å². The Bertz CT molecular complexity index is 478. The molecule has 1 aromatic rings. The smallest absolute Gasteiger partial charge is 0.143 e. The third-order valence-corrected chi connectivity index (χ3v) is 4.36. The highest BCUT2D eigenvalue weighted by Crippen LogP contribution is 2.31. The van der Waals surface area contributed by atoms with E-state index in [9.17, 15) is 0 Å². The lowest BCUT2D eigenvalue weighted by Gasteiger charge is -2.20. The molecule has 0 amide bonds. The number of benzene rings is 1. The van der Waals surface area contributed by atoms with Crippen molar-refractivity contribution in [1.82, 2.24) is 0 Å². The summed E-state index contributed by atoms with van der Waals surface area (Å²) in [6.07, 6.45) is 7.72. The Morgan fingerprint density at radius 2 is 2.15 bits per heavy atom. The molecule has 3 heteroatoms. The maximum atomic E-state index is 8.94. The quantitative estimate of drug-likeness (QED) is 0.829. The Labute approximate surface area is 121 Å². The van der Waals surface area contributed by atoms with Crippen molar-refractivity contribution < 1.29 is 4.74 Å². The SMILES string of the molecule is CCC1CCCC(Nc2ccc(C#N)cc2OC)CC1. The monoisotopic (exact) mass is 272 g/mol. The first-order chi connectivity index (χ1) is 9.76. The summed E-state index contributed by atoms with van der Waals surface area (Å²) in [6, 6.07) is 8.27. The van der Waals surface area contributed by atoms with Gasteiger partial charge in [-0.15, -0.1) is 0 Å². The van der Waals surface area contributed by atoms with Crippen molar-refractivity contribution in [2.45, 2.75) is 51.5 Å². The van der Waals surface area contributed by atoms with Crippen molar-refractivity contribution in [3.8, 4) is 11.8 Å². The number of ether oxygens (including phenoxy) is 1. The number of rotatable bonds is 4. The van der Waals surface area contributed by atoms with Gasteiger partial charge in [0.2, 0.25) is 0 Å². The Kier molecular flexibility index (Phi) is 5.29. The van der Waals surface area contributed by atoms with Crippen LogP contribution in [0.3, 0.4) is 0 Å². The van der Waals surface area contributed by atoms with Crippen LogP contribution in [0.5, 0.6) is 5.75 Å². The Hall–Kier alpha value is -1.69. The molecule has 0 aliphatic heterocycles. The largest absolute Gasteiger partial charge is 0.495 e. The molecule has 0 saturated heterocycles. The number of nitriles is 1. The molecule has 0 spiro atoms. The number of hydrogen-bond acceptors (Lipinski definition) is 3. The fourth-order valence-corrected chi connectivity index (χ4v) is 3.03. The minimum Gasteiger partial charge on any atom is -0.495 e. The highest BCUT2D eigenvalue weighted by molar-refractivity contribution is 5.59. The first-order valence-electron chi connectivity index (χ1n) is 7.61. The Balaban J connectivity index is 2.04. The van der Waals surface area contributed by atoms with Crippen molar-refractivity contribution in [3.63, 3.8) is 0 Å². The van der Waals surface area contributed by atoms with Crippen LogP contribution >= 0.6 is 0 Å². The third-order valence-electron chi connectivity index (χ3n) is 4.36. The molecule has 0 radical (unpaired) electrons. The van der Waals surface area contributed by atoms with Crippen LogP contribution in [0, 0.1) is 17.2 Å². The first-order valence-corrected chi connectivity index (χ1v) is 7.61. The normalized spacial score (nSPS) is 22.6. The number of anilines is 1. The molecule has 0 bridgehead atoms. The van der Waals surface area contributed by atoms with E-state index in [0.717, 1.165) is 17.4 Å². The predicted octanol–water partition coefficient (Wildman–Crippen LogP) is 4.34. The van der Waals surface area contributed by atoms with Crippen molar-refractivity contribution in [1.29, 1.82) is 5.26 Å². The fraction of sp³-hybridized carbons (Fsp3) is 0.588. The van der Waals surface area contributed by atoms with Gasteiger partial charge in [-0.3, -0.25) is 0 Å². The van der Waals surface area contributed by atoms with Gasteiger partial charge in [0.25, 0.3) is 0 Å². The molecule has 20 heavy (non-hydrogen) atoms. The highest BCUT2D eigenvalue weighted by atomic mass is 16.5. The molecule has 0 aromatic heterocycles. The summed E-state index contributed by atoms with van der Waals surface area (Å²) in [6.45, 7) is 2.29. The van der Waals surface area contributed by atoms with E-state index in [4.69, 9.17) is 10.00 Å². The van der Waals surface area contributed by atoms with E-state index in [-0.39, 0.29) is 0 Å². The lowest BCUT2D eigenvalue weighted by molar-refractivity contribution is 0.415. The van der Waals surface area contributed by atoms with Crippen LogP contribution in [0.25, 0.3) is 0 Å². The summed E-state index contributed by atoms with van der Waals surface area (Å²) in [5.74, 6) is 1.66. The summed E-state index contributed by atoms with van der Waals surface area (Å²) in [4.78, 5) is 0. The maximum absolute atomic E-state index is 8.94. The topological polar surface area (TPSA) is 45.0 Å². The molecule has 2 unspecified atom stereocenters. The average Bonchev–Trinajstić information content (AvgIpc) is 2.72. The molecule has 3 nitrogen and oxygen atoms in total. The number of nitrogens with one attached hydrogen (secondary N) is 1. The molecule has 2 rings (SSSR count). The van der Waals surface area contributed by atoms with E-state index >= 15 is 0 Å². The summed E-state index contributed by atoms with van der Waals surface area (Å²) in [7, 11) is 1.65. The van der Waals surface area contributed by atoms with Gasteiger partial charge >= 0.3 is 0 Å². The Morgan fingerprint density at radius 3 is 2.85 bits per heavy atom. The Morgan fingerprint density at radius 1 is 1.30 bits per heavy atom. The molecular weight excluding hydrogens is 248 g/mol. The van der Waals surface area contributed by atoms with Gasteiger partial charge in [-0.05, 0) is 37.3 Å². The minimum absolute atomic E-state index is 0.522. The van der Waals surface area contributed by atoms with Crippen molar-refractivity contribution >= 4 is 5.69 Å². The molecule has 2 atom stereocenters. The molecule has 1 aliphatic carbocycles. The van der Waals surface area contributed by atoms with Gasteiger partial charge in [-0.1, -0.05) is 26.2 Å². The summed E-state index contributed by atoms with van der Waals surface area (Å²) < 4.78 is 5.39. The summed E-state index contributed by atoms with van der Waals surface area (Å²) in [5, 5.41) is 12.5. The van der Waals surface area contributed by atoms with Crippen LogP contribution in [-0.2, 0) is 0 Å². The molecule has 0 heterocycles. The second-order valence-corrected chi connectivity index (χ2v) is 5.65. The molecule has 1 fully saturated rings. The zero-order valence-corrected chi connectivity index (χ0v) is 12.5. The number of hydrogen-bond donors (Lipinski definition) is 1. The van der Waals surface area contributed by atoms with Crippen LogP contribution in [0.15, 0.2) is 18.2 Å². The molecule has 108 valence electrons. The molecule has 1 saturated carbocycles. The lowest BCUT2D eigenvalue weighted by atomic mass is 9.98. The average molecular weight is 272 g/mol. The highest BCUT2D eigenvalue weighted by Gasteiger charge is 2.18. The van der Waals surface area contributed by atoms with Crippen molar-refractivity contribution in [2.24, 2.45) is 5.92 Å². The van der Waals surface area contributed by atoms with Gasteiger partial charge in [0.1, 0.15) is 5.75 Å². The van der Waals surface area contributed by atoms with E-state index in [1.54, 1.807) is 13.2 Å². The number of methoxy groups -OCH3 is 1. The number of nitrogens with zero attached hydrogens (tertiary/aromatic N) is 1. The fourth-order valence-electron chi connectivity index (χ4n) is 3.03. The minimum atomic E-state index is 0.522. The van der Waals surface area contributed by atoms with Crippen LogP contribution in [0.2, 0.25) is 0 Å². The van der Waals surface area contributed by atoms with Gasteiger partial charge in [0, 0.05) is 12.1 Å². The lowest BCUT2D eigenvalue weighted by Crippen LogP contribution is -2.19. The molecule has 1 aromatic carbocycles. The predicted molar refractivity (Wildman–Crippen MR) is 82.0 cm³/mol. The van der Waals surface area contributed by atoms with E-state index < -0.39 is 0 Å². The second-order valence-electron chi connectivity index (χ2n) is 5.65. The zero-order chi connectivity index (χ0) is 14.4. The van der Waals surface area contributed by atoms with Crippen LogP contribution in [0.4, 0.5) is 5.69 Å². The van der Waals surface area contributed by atoms with Crippen molar-refractivity contribution in [3.05, 3.63) is 23.8 Å². The summed E-state index contributed by atoms with van der Waals surface area (Å²) in [5.41, 5.74) is 1.64. The molecular formula is C17H24N2O. The standard InChI is InChI=1S/C17H24N2O/c1-3-13-5-4-6-15(9-7-13)19-16-10-8-14(12-18)11-17(16)20-2/h8,10-11,13,15,19H,3-7,9H2,1-2H3.